The number of fused-ring (bicyclic) bond motifs is 2. The minimum atomic E-state index is -0.478. The Morgan fingerprint density at radius 2 is 1.58 bits per heavy atom. The van der Waals surface area contributed by atoms with Crippen LogP contribution < -0.4 is 20.5 Å². The molecule has 0 N–H and O–H groups in total. The van der Waals surface area contributed by atoms with Crippen molar-refractivity contribution in [2.24, 2.45) is 0 Å². The molecule has 5 aromatic rings. The first-order valence-electron chi connectivity index (χ1n) is 10.1. The highest BCUT2D eigenvalue weighted by molar-refractivity contribution is 6.30. The maximum absolute atomic E-state index is 13.0. The first kappa shape index (κ1) is 20.8. The van der Waals surface area contributed by atoms with Crippen molar-refractivity contribution in [1.82, 2.24) is 0 Å². The summed E-state index contributed by atoms with van der Waals surface area (Å²) in [5.74, 6) is 1.09. The Morgan fingerprint density at radius 3 is 2.36 bits per heavy atom. The molecule has 6 nitrogen and oxygen atoms in total. The molecule has 0 aliphatic carbocycles. The van der Waals surface area contributed by atoms with E-state index in [-0.39, 0.29) is 12.0 Å². The van der Waals surface area contributed by atoms with Gasteiger partial charge in [0.2, 0.25) is 0 Å². The number of ether oxygens (including phenoxy) is 2. The number of hydrogen-bond acceptors (Lipinski definition) is 6. The van der Waals surface area contributed by atoms with Gasteiger partial charge in [-0.3, -0.25) is 4.79 Å². The molecule has 0 atom stereocenters. The van der Waals surface area contributed by atoms with Crippen LogP contribution in [-0.2, 0) is 6.61 Å². The highest BCUT2D eigenvalue weighted by atomic mass is 35.5. The van der Waals surface area contributed by atoms with Crippen LogP contribution in [0.1, 0.15) is 5.56 Å². The zero-order valence-corrected chi connectivity index (χ0v) is 18.2. The number of rotatable bonds is 5. The summed E-state index contributed by atoms with van der Waals surface area (Å²) >= 11 is 5.94. The molecule has 5 rings (SSSR count). The second kappa shape index (κ2) is 8.48. The summed E-state index contributed by atoms with van der Waals surface area (Å²) < 4.78 is 22.1. The molecule has 7 heteroatoms. The van der Waals surface area contributed by atoms with Crippen LogP contribution in [0.3, 0.4) is 0 Å². The molecule has 3 aromatic carbocycles. The number of methoxy groups -OCH3 is 1. The molecule has 0 aliphatic heterocycles. The van der Waals surface area contributed by atoms with Crippen LogP contribution in [-0.4, -0.2) is 7.11 Å². The molecule has 0 fully saturated rings. The Kier molecular flexibility index (Phi) is 5.36. The quantitative estimate of drug-likeness (QED) is 0.308. The SMILES string of the molecule is COc1ccc2c(COc3ccc4c(=O)c(-c5ccc(Cl)cc5)coc4c3)cc(=O)oc2c1. The Balaban J connectivity index is 1.45. The van der Waals surface area contributed by atoms with Gasteiger partial charge in [-0.05, 0) is 42.0 Å². The lowest BCUT2D eigenvalue weighted by atomic mass is 10.1. The van der Waals surface area contributed by atoms with Gasteiger partial charge in [0.25, 0.3) is 0 Å². The third kappa shape index (κ3) is 4.08. The number of halogens is 1. The smallest absolute Gasteiger partial charge is 0.336 e. The molecular weight excluding hydrogens is 444 g/mol. The minimum Gasteiger partial charge on any atom is -0.497 e. The van der Waals surface area contributed by atoms with Crippen molar-refractivity contribution in [2.45, 2.75) is 6.61 Å². The molecule has 0 saturated carbocycles. The van der Waals surface area contributed by atoms with E-state index in [2.05, 4.69) is 0 Å². The van der Waals surface area contributed by atoms with Crippen LogP contribution in [0.25, 0.3) is 33.1 Å². The number of hydrogen-bond donors (Lipinski definition) is 0. The molecule has 2 aromatic heterocycles. The van der Waals surface area contributed by atoms with Gasteiger partial charge in [0, 0.05) is 34.2 Å². The zero-order chi connectivity index (χ0) is 22.9. The standard InChI is InChI=1S/C26H17ClO6/c1-30-18-6-8-20-16(10-25(28)33-24(20)11-18)13-31-19-7-9-21-23(12-19)32-14-22(26(21)29)15-2-4-17(27)5-3-15/h2-12,14H,13H2,1H3. The fourth-order valence-corrected chi connectivity index (χ4v) is 3.77. The van der Waals surface area contributed by atoms with Gasteiger partial charge >= 0.3 is 5.63 Å². The average Bonchev–Trinajstić information content (AvgIpc) is 2.83. The monoisotopic (exact) mass is 460 g/mol. The van der Waals surface area contributed by atoms with Crippen LogP contribution in [0, 0.1) is 0 Å². The minimum absolute atomic E-state index is 0.132. The summed E-state index contributed by atoms with van der Waals surface area (Å²) in [5.41, 5.74) is 2.03. The van der Waals surface area contributed by atoms with Crippen LogP contribution >= 0.6 is 11.6 Å². The van der Waals surface area contributed by atoms with Gasteiger partial charge in [-0.15, -0.1) is 0 Å². The van der Waals surface area contributed by atoms with E-state index in [1.807, 2.05) is 6.07 Å². The van der Waals surface area contributed by atoms with Crippen molar-refractivity contribution in [3.63, 3.8) is 0 Å². The van der Waals surface area contributed by atoms with E-state index in [0.717, 1.165) is 10.9 Å². The van der Waals surface area contributed by atoms with E-state index in [9.17, 15) is 9.59 Å². The molecule has 0 aliphatic rings. The molecule has 33 heavy (non-hydrogen) atoms. The van der Waals surface area contributed by atoms with E-state index >= 15 is 0 Å². The molecule has 0 bridgehead atoms. The van der Waals surface area contributed by atoms with Gasteiger partial charge in [0.1, 0.15) is 35.5 Å². The van der Waals surface area contributed by atoms with E-state index in [0.29, 0.717) is 44.2 Å². The summed E-state index contributed by atoms with van der Waals surface area (Å²) in [7, 11) is 1.54. The maximum atomic E-state index is 13.0. The summed E-state index contributed by atoms with van der Waals surface area (Å²) in [6.45, 7) is 0.132. The first-order chi connectivity index (χ1) is 16.0. The van der Waals surface area contributed by atoms with Crippen molar-refractivity contribution in [2.75, 3.05) is 7.11 Å². The fourth-order valence-electron chi connectivity index (χ4n) is 3.64. The van der Waals surface area contributed by atoms with Crippen molar-refractivity contribution in [3.05, 3.63) is 104 Å². The van der Waals surface area contributed by atoms with Gasteiger partial charge < -0.3 is 18.3 Å². The lowest BCUT2D eigenvalue weighted by Gasteiger charge is -2.10. The second-order valence-electron chi connectivity index (χ2n) is 7.38. The van der Waals surface area contributed by atoms with E-state index in [1.165, 1.54) is 12.3 Å². The Morgan fingerprint density at radius 1 is 0.848 bits per heavy atom. The topological polar surface area (TPSA) is 78.9 Å². The number of benzene rings is 3. The van der Waals surface area contributed by atoms with E-state index in [4.69, 9.17) is 29.9 Å². The third-order valence-electron chi connectivity index (χ3n) is 5.33. The van der Waals surface area contributed by atoms with E-state index < -0.39 is 5.63 Å². The summed E-state index contributed by atoms with van der Waals surface area (Å²) in [6, 6.07) is 18.7. The van der Waals surface area contributed by atoms with E-state index in [1.54, 1.807) is 61.7 Å². The maximum Gasteiger partial charge on any atom is 0.336 e. The van der Waals surface area contributed by atoms with Crippen molar-refractivity contribution >= 4 is 33.5 Å². The summed E-state index contributed by atoms with van der Waals surface area (Å²) in [6.07, 6.45) is 1.43. The second-order valence-corrected chi connectivity index (χ2v) is 7.82. The lowest BCUT2D eigenvalue weighted by molar-refractivity contribution is 0.306. The van der Waals surface area contributed by atoms with Crippen LogP contribution in [0.4, 0.5) is 0 Å². The Hall–Kier alpha value is -4.03. The van der Waals surface area contributed by atoms with Crippen LogP contribution in [0.15, 0.2) is 91.4 Å². The highest BCUT2D eigenvalue weighted by Crippen LogP contribution is 2.26. The summed E-state index contributed by atoms with van der Waals surface area (Å²) in [5, 5.41) is 1.77. The summed E-state index contributed by atoms with van der Waals surface area (Å²) in [4.78, 5) is 24.9. The predicted octanol–water partition coefficient (Wildman–Crippen LogP) is 5.81. The van der Waals surface area contributed by atoms with Crippen LogP contribution in [0.2, 0.25) is 5.02 Å². The molecule has 0 unspecified atom stereocenters. The zero-order valence-electron chi connectivity index (χ0n) is 17.5. The van der Waals surface area contributed by atoms with Gasteiger partial charge in [-0.2, -0.15) is 0 Å². The molecule has 0 spiro atoms. The molecular formula is C26H17ClO6. The Labute approximate surface area is 192 Å². The molecule has 0 amide bonds. The molecule has 164 valence electrons. The molecule has 2 heterocycles. The first-order valence-corrected chi connectivity index (χ1v) is 10.4. The van der Waals surface area contributed by atoms with Crippen molar-refractivity contribution < 1.29 is 18.3 Å². The van der Waals surface area contributed by atoms with Crippen molar-refractivity contribution in [3.8, 4) is 22.6 Å². The molecule has 0 saturated heterocycles. The van der Waals surface area contributed by atoms with Gasteiger partial charge in [0.05, 0.1) is 18.1 Å². The van der Waals surface area contributed by atoms with Gasteiger partial charge in [-0.1, -0.05) is 23.7 Å². The Bertz CT molecular complexity index is 1600. The molecule has 0 radical (unpaired) electrons. The largest absolute Gasteiger partial charge is 0.497 e. The van der Waals surface area contributed by atoms with Crippen LogP contribution in [0.5, 0.6) is 11.5 Å². The predicted molar refractivity (Wildman–Crippen MR) is 126 cm³/mol. The lowest BCUT2D eigenvalue weighted by Crippen LogP contribution is -2.06. The van der Waals surface area contributed by atoms with Crippen molar-refractivity contribution in [1.29, 1.82) is 0 Å². The fraction of sp³-hybridized carbons (Fsp3) is 0.0769. The normalized spacial score (nSPS) is 11.1. The average molecular weight is 461 g/mol. The third-order valence-corrected chi connectivity index (χ3v) is 5.58. The van der Waals surface area contributed by atoms with Gasteiger partial charge in [0.15, 0.2) is 5.43 Å². The van der Waals surface area contributed by atoms with Gasteiger partial charge in [-0.25, -0.2) is 4.79 Å². The highest BCUT2D eigenvalue weighted by Gasteiger charge is 2.12.